The third-order valence-electron chi connectivity index (χ3n) is 2.56. The highest BCUT2D eigenvalue weighted by Crippen LogP contribution is 2.02. The molecule has 9 heteroatoms. The van der Waals surface area contributed by atoms with E-state index in [1.807, 2.05) is 0 Å². The zero-order chi connectivity index (χ0) is 16.4. The van der Waals surface area contributed by atoms with Crippen LogP contribution in [0, 0.1) is 0 Å². The average molecular weight is 304 g/mol. The summed E-state index contributed by atoms with van der Waals surface area (Å²) in [5, 5.41) is 19.5. The minimum atomic E-state index is -1.35. The van der Waals surface area contributed by atoms with Crippen molar-refractivity contribution in [2.75, 3.05) is 6.61 Å². The fourth-order valence-corrected chi connectivity index (χ4v) is 1.44. The van der Waals surface area contributed by atoms with Gasteiger partial charge in [-0.05, 0) is 19.8 Å². The molecule has 0 fully saturated rings. The number of rotatable bonds is 10. The highest BCUT2D eigenvalue weighted by Gasteiger charge is 2.24. The largest absolute Gasteiger partial charge is 0.481 e. The van der Waals surface area contributed by atoms with Crippen LogP contribution in [0.15, 0.2) is 0 Å². The van der Waals surface area contributed by atoms with Gasteiger partial charge in [0.05, 0.1) is 12.6 Å². The number of esters is 1. The van der Waals surface area contributed by atoms with Gasteiger partial charge in [0.15, 0.2) is 0 Å². The Morgan fingerprint density at radius 2 is 1.76 bits per heavy atom. The second-order valence-corrected chi connectivity index (χ2v) is 4.28. The van der Waals surface area contributed by atoms with Gasteiger partial charge < -0.3 is 26.0 Å². The van der Waals surface area contributed by atoms with E-state index >= 15 is 0 Å². The summed E-state index contributed by atoms with van der Waals surface area (Å²) in [6.07, 6.45) is -0.693. The van der Waals surface area contributed by atoms with E-state index in [0.29, 0.717) is 0 Å². The average Bonchev–Trinajstić information content (AvgIpc) is 2.40. The zero-order valence-electron chi connectivity index (χ0n) is 11.7. The van der Waals surface area contributed by atoms with E-state index in [1.165, 1.54) is 0 Å². The van der Waals surface area contributed by atoms with E-state index < -0.39 is 42.3 Å². The Morgan fingerprint density at radius 3 is 2.24 bits per heavy atom. The summed E-state index contributed by atoms with van der Waals surface area (Å²) < 4.78 is 4.67. The van der Waals surface area contributed by atoms with Crippen molar-refractivity contribution in [3.8, 4) is 0 Å². The van der Waals surface area contributed by atoms with E-state index in [0.717, 1.165) is 0 Å². The summed E-state index contributed by atoms with van der Waals surface area (Å²) in [5.74, 6) is -3.76. The van der Waals surface area contributed by atoms with E-state index in [2.05, 4.69) is 10.1 Å². The minimum absolute atomic E-state index is 0.00986. The SMILES string of the molecule is CCOC(=O)CC[C@H](N)C(=O)N[C@@H](CCC(=O)O)C(=O)O. The lowest BCUT2D eigenvalue weighted by molar-refractivity contribution is -0.145. The second-order valence-electron chi connectivity index (χ2n) is 4.28. The van der Waals surface area contributed by atoms with Crippen LogP contribution in [0.25, 0.3) is 0 Å². The van der Waals surface area contributed by atoms with E-state index in [4.69, 9.17) is 15.9 Å². The van der Waals surface area contributed by atoms with Crippen LogP contribution in [0.4, 0.5) is 0 Å². The molecule has 2 atom stereocenters. The van der Waals surface area contributed by atoms with Crippen molar-refractivity contribution in [1.82, 2.24) is 5.32 Å². The van der Waals surface area contributed by atoms with E-state index in [-0.39, 0.29) is 25.9 Å². The van der Waals surface area contributed by atoms with Crippen molar-refractivity contribution < 1.29 is 34.1 Å². The zero-order valence-corrected chi connectivity index (χ0v) is 11.7. The maximum atomic E-state index is 11.7. The van der Waals surface area contributed by atoms with Crippen LogP contribution in [0.5, 0.6) is 0 Å². The van der Waals surface area contributed by atoms with E-state index in [9.17, 15) is 19.2 Å². The van der Waals surface area contributed by atoms with Crippen LogP contribution in [0.3, 0.4) is 0 Å². The van der Waals surface area contributed by atoms with Gasteiger partial charge in [-0.1, -0.05) is 0 Å². The molecule has 21 heavy (non-hydrogen) atoms. The quantitative estimate of drug-likeness (QED) is 0.378. The number of carboxylic acid groups (broad SMARTS) is 2. The molecule has 0 aromatic heterocycles. The highest BCUT2D eigenvalue weighted by molar-refractivity contribution is 5.87. The van der Waals surface area contributed by atoms with Crippen LogP contribution < -0.4 is 11.1 Å². The Balaban J connectivity index is 4.30. The van der Waals surface area contributed by atoms with Crippen LogP contribution in [-0.2, 0) is 23.9 Å². The Labute approximate surface area is 121 Å². The Morgan fingerprint density at radius 1 is 1.14 bits per heavy atom. The van der Waals surface area contributed by atoms with Crippen LogP contribution in [0.2, 0.25) is 0 Å². The summed E-state index contributed by atoms with van der Waals surface area (Å²) in [6.45, 7) is 1.86. The highest BCUT2D eigenvalue weighted by atomic mass is 16.5. The predicted molar refractivity (Wildman–Crippen MR) is 70.3 cm³/mol. The standard InChI is InChI=1S/C12H20N2O7/c1-2-21-10(17)6-3-7(13)11(18)14-8(12(19)20)4-5-9(15)16/h7-8H,2-6,13H2,1H3,(H,14,18)(H,15,16)(H,19,20)/t7-,8-/m0/s1. The third kappa shape index (κ3) is 8.58. The van der Waals surface area contributed by atoms with Gasteiger partial charge in [0.2, 0.25) is 5.91 Å². The number of ether oxygens (including phenoxy) is 1. The molecule has 0 spiro atoms. The normalized spacial score (nSPS) is 13.0. The number of amides is 1. The Bertz CT molecular complexity index is 397. The number of carbonyl (C=O) groups excluding carboxylic acids is 2. The lowest BCUT2D eigenvalue weighted by Crippen LogP contribution is -2.48. The van der Waals surface area contributed by atoms with Crippen LogP contribution >= 0.6 is 0 Å². The van der Waals surface area contributed by atoms with Gasteiger partial charge in [0, 0.05) is 12.8 Å². The summed E-state index contributed by atoms with van der Waals surface area (Å²) in [5.41, 5.74) is 5.54. The molecule has 0 radical (unpaired) electrons. The molecule has 0 rings (SSSR count). The molecule has 9 nitrogen and oxygen atoms in total. The summed E-state index contributed by atoms with van der Waals surface area (Å²) in [6, 6.07) is -2.40. The molecular weight excluding hydrogens is 284 g/mol. The van der Waals surface area contributed by atoms with Crippen molar-refractivity contribution in [2.45, 2.75) is 44.7 Å². The smallest absolute Gasteiger partial charge is 0.326 e. The number of nitrogens with one attached hydrogen (secondary N) is 1. The van der Waals surface area contributed by atoms with Crippen molar-refractivity contribution >= 4 is 23.8 Å². The molecule has 0 aliphatic rings. The summed E-state index contributed by atoms with van der Waals surface area (Å²) >= 11 is 0. The lowest BCUT2D eigenvalue weighted by Gasteiger charge is -2.17. The van der Waals surface area contributed by atoms with Gasteiger partial charge in [-0.15, -0.1) is 0 Å². The number of hydrogen-bond acceptors (Lipinski definition) is 6. The van der Waals surface area contributed by atoms with Crippen molar-refractivity contribution in [3.63, 3.8) is 0 Å². The van der Waals surface area contributed by atoms with Gasteiger partial charge >= 0.3 is 17.9 Å². The molecule has 5 N–H and O–H groups in total. The van der Waals surface area contributed by atoms with Gasteiger partial charge in [0.25, 0.3) is 0 Å². The molecule has 0 saturated heterocycles. The van der Waals surface area contributed by atoms with Crippen LogP contribution in [-0.4, -0.2) is 52.7 Å². The lowest BCUT2D eigenvalue weighted by atomic mass is 10.1. The molecule has 0 saturated carbocycles. The fraction of sp³-hybridized carbons (Fsp3) is 0.667. The molecule has 0 unspecified atom stereocenters. The first-order chi connectivity index (χ1) is 9.77. The topological polar surface area (TPSA) is 156 Å². The van der Waals surface area contributed by atoms with Gasteiger partial charge in [-0.3, -0.25) is 14.4 Å². The van der Waals surface area contributed by atoms with E-state index in [1.54, 1.807) is 6.92 Å². The van der Waals surface area contributed by atoms with Crippen LogP contribution in [0.1, 0.15) is 32.6 Å². The Hall–Kier alpha value is -2.16. The number of carbonyl (C=O) groups is 4. The molecule has 0 bridgehead atoms. The Kier molecular flexibility index (Phi) is 8.70. The first-order valence-corrected chi connectivity index (χ1v) is 6.44. The molecule has 0 aliphatic carbocycles. The van der Waals surface area contributed by atoms with Gasteiger partial charge in [-0.25, -0.2) is 4.79 Å². The van der Waals surface area contributed by atoms with Crippen molar-refractivity contribution in [2.24, 2.45) is 5.73 Å². The first-order valence-electron chi connectivity index (χ1n) is 6.44. The van der Waals surface area contributed by atoms with Crippen molar-refractivity contribution in [3.05, 3.63) is 0 Å². The third-order valence-corrected chi connectivity index (χ3v) is 2.56. The summed E-state index contributed by atoms with van der Waals surface area (Å²) in [4.78, 5) is 44.1. The molecule has 120 valence electrons. The maximum absolute atomic E-state index is 11.7. The fourth-order valence-electron chi connectivity index (χ4n) is 1.44. The predicted octanol–water partition coefficient (Wildman–Crippen LogP) is -0.909. The van der Waals surface area contributed by atoms with Crippen molar-refractivity contribution in [1.29, 1.82) is 0 Å². The second kappa shape index (κ2) is 9.70. The maximum Gasteiger partial charge on any atom is 0.326 e. The first kappa shape index (κ1) is 18.8. The van der Waals surface area contributed by atoms with Gasteiger partial charge in [0.1, 0.15) is 6.04 Å². The molecule has 0 aromatic carbocycles. The molecule has 0 aliphatic heterocycles. The molecular formula is C12H20N2O7. The minimum Gasteiger partial charge on any atom is -0.481 e. The monoisotopic (exact) mass is 304 g/mol. The number of carboxylic acids is 2. The molecule has 0 heterocycles. The molecule has 0 aromatic rings. The van der Waals surface area contributed by atoms with Gasteiger partial charge in [-0.2, -0.15) is 0 Å². The number of aliphatic carboxylic acids is 2. The number of nitrogens with two attached hydrogens (primary N) is 1. The number of hydrogen-bond donors (Lipinski definition) is 4. The summed E-state index contributed by atoms with van der Waals surface area (Å²) in [7, 11) is 0. The molecule has 1 amide bonds.